The molecule has 8 heteroatoms. The van der Waals surface area contributed by atoms with Crippen LogP contribution in [-0.4, -0.2) is 34.0 Å². The number of amides is 2. The number of carbonyl (C=O) groups is 2. The van der Waals surface area contributed by atoms with E-state index in [1.54, 1.807) is 17.8 Å². The predicted octanol–water partition coefficient (Wildman–Crippen LogP) is 4.77. The Morgan fingerprint density at radius 1 is 1.25 bits per heavy atom. The molecule has 0 aliphatic carbocycles. The maximum atomic E-state index is 13.1. The monoisotopic (exact) mass is 429 g/mol. The van der Waals surface area contributed by atoms with Gasteiger partial charge in [0.15, 0.2) is 5.13 Å². The number of rotatable bonds is 5. The molecule has 0 saturated heterocycles. The van der Waals surface area contributed by atoms with Gasteiger partial charge < -0.3 is 4.90 Å². The van der Waals surface area contributed by atoms with Gasteiger partial charge in [-0.25, -0.2) is 4.98 Å². The summed E-state index contributed by atoms with van der Waals surface area (Å²) in [6.07, 6.45) is 0.704. The predicted molar refractivity (Wildman–Crippen MR) is 116 cm³/mol. The molecule has 0 fully saturated rings. The number of hydrogen-bond donors (Lipinski definition) is 1. The van der Waals surface area contributed by atoms with Crippen molar-refractivity contribution in [2.24, 2.45) is 0 Å². The molecule has 1 N–H and O–H groups in total. The van der Waals surface area contributed by atoms with Crippen LogP contribution in [0, 0.1) is 0 Å². The Hall–Kier alpha value is -2.16. The van der Waals surface area contributed by atoms with E-state index in [2.05, 4.69) is 17.2 Å². The maximum Gasteiger partial charge on any atom is 0.267 e. The summed E-state index contributed by atoms with van der Waals surface area (Å²) in [5.41, 5.74) is 1.74. The molecule has 0 saturated carbocycles. The highest BCUT2D eigenvalue weighted by Crippen LogP contribution is 2.31. The molecule has 0 unspecified atom stereocenters. The third-order valence-corrected chi connectivity index (χ3v) is 7.22. The van der Waals surface area contributed by atoms with Crippen LogP contribution in [0.4, 0.5) is 5.13 Å². The molecule has 2 aromatic heterocycles. The maximum absolute atomic E-state index is 13.1. The van der Waals surface area contributed by atoms with Gasteiger partial charge in [0.1, 0.15) is 0 Å². The second-order valence-electron chi connectivity index (χ2n) is 6.23. The van der Waals surface area contributed by atoms with Gasteiger partial charge in [-0.05, 0) is 29.3 Å². The summed E-state index contributed by atoms with van der Waals surface area (Å²) < 4.78 is 0. The Balaban J connectivity index is 1.48. The van der Waals surface area contributed by atoms with E-state index in [0.29, 0.717) is 29.5 Å². The van der Waals surface area contributed by atoms with E-state index < -0.39 is 0 Å². The Morgan fingerprint density at radius 2 is 2.11 bits per heavy atom. The molecule has 1 aromatic carbocycles. The Kier molecular flexibility index (Phi) is 5.79. The number of nitrogens with zero attached hydrogens (tertiary/aromatic N) is 2. The van der Waals surface area contributed by atoms with Gasteiger partial charge in [0, 0.05) is 22.7 Å². The van der Waals surface area contributed by atoms with Gasteiger partial charge in [-0.1, -0.05) is 36.5 Å². The van der Waals surface area contributed by atoms with E-state index >= 15 is 0 Å². The molecule has 3 heterocycles. The smallest absolute Gasteiger partial charge is 0.267 e. The lowest BCUT2D eigenvalue weighted by Gasteiger charge is -2.26. The van der Waals surface area contributed by atoms with Crippen molar-refractivity contribution < 1.29 is 9.59 Å². The average Bonchev–Trinajstić information content (AvgIpc) is 3.37. The summed E-state index contributed by atoms with van der Waals surface area (Å²) in [7, 11) is 0. The molecule has 28 heavy (non-hydrogen) atoms. The zero-order valence-electron chi connectivity index (χ0n) is 15.3. The largest absolute Gasteiger partial charge is 0.333 e. The van der Waals surface area contributed by atoms with Crippen molar-refractivity contribution in [3.63, 3.8) is 0 Å². The van der Waals surface area contributed by atoms with Crippen LogP contribution in [0.3, 0.4) is 0 Å². The number of anilines is 1. The highest BCUT2D eigenvalue weighted by molar-refractivity contribution is 7.99. The Morgan fingerprint density at radius 3 is 2.89 bits per heavy atom. The highest BCUT2D eigenvalue weighted by atomic mass is 32.2. The normalized spacial score (nSPS) is 13.2. The Bertz CT molecular complexity index is 998. The van der Waals surface area contributed by atoms with Gasteiger partial charge in [0.25, 0.3) is 11.8 Å². The first-order chi connectivity index (χ1) is 13.7. The fourth-order valence-corrected chi connectivity index (χ4v) is 5.52. The fourth-order valence-electron chi connectivity index (χ4n) is 3.08. The number of carbonyl (C=O) groups excluding carboxylic acids is 2. The summed E-state index contributed by atoms with van der Waals surface area (Å²) in [5.74, 6) is 0.843. The van der Waals surface area contributed by atoms with E-state index in [-0.39, 0.29) is 11.8 Å². The molecule has 1 aliphatic rings. The lowest BCUT2D eigenvalue weighted by Crippen LogP contribution is -2.35. The number of fused-ring (bicyclic) bond motifs is 1. The minimum atomic E-state index is -0.139. The summed E-state index contributed by atoms with van der Waals surface area (Å²) in [6.45, 7) is 3.26. The molecule has 144 valence electrons. The van der Waals surface area contributed by atoms with Crippen molar-refractivity contribution in [3.8, 4) is 0 Å². The third-order valence-electron chi connectivity index (χ3n) is 4.40. The number of thiazole rings is 1. The lowest BCUT2D eigenvalue weighted by atomic mass is 10.1. The molecule has 0 bridgehead atoms. The first kappa shape index (κ1) is 19.2. The molecule has 0 atom stereocenters. The zero-order valence-corrected chi connectivity index (χ0v) is 17.8. The summed E-state index contributed by atoms with van der Waals surface area (Å²) in [5, 5.41) is 5.35. The number of thiophene rings is 1. The van der Waals surface area contributed by atoms with E-state index in [1.807, 2.05) is 40.6 Å². The van der Waals surface area contributed by atoms with Crippen LogP contribution in [0.2, 0.25) is 0 Å². The van der Waals surface area contributed by atoms with Crippen LogP contribution < -0.4 is 5.32 Å². The number of thioether (sulfide) groups is 1. The van der Waals surface area contributed by atoms with Crippen LogP contribution in [0.25, 0.3) is 0 Å². The Labute approximate surface area is 175 Å². The quantitative estimate of drug-likeness (QED) is 0.594. The standard InChI is InChI=1S/C20H19N3O2S3/c1-2-26-15-7-4-3-6-13(15)19(25)23-10-9-14-17(12-23)28-20(21-14)22-18(24)16-8-5-11-27-16/h3-8,11H,2,9-10,12H2,1H3,(H,21,22,24). The lowest BCUT2D eigenvalue weighted by molar-refractivity contribution is 0.0732. The number of hydrogen-bond acceptors (Lipinski definition) is 6. The SMILES string of the molecule is CCSc1ccccc1C(=O)N1CCc2nc(NC(=O)c3cccs3)sc2C1. The van der Waals surface area contributed by atoms with Gasteiger partial charge >= 0.3 is 0 Å². The number of benzene rings is 1. The van der Waals surface area contributed by atoms with Crippen molar-refractivity contribution in [1.82, 2.24) is 9.88 Å². The van der Waals surface area contributed by atoms with Crippen molar-refractivity contribution in [2.75, 3.05) is 17.6 Å². The molecule has 5 nitrogen and oxygen atoms in total. The molecule has 0 radical (unpaired) electrons. The van der Waals surface area contributed by atoms with Crippen molar-refractivity contribution in [1.29, 1.82) is 0 Å². The van der Waals surface area contributed by atoms with Gasteiger partial charge in [-0.3, -0.25) is 14.9 Å². The molecule has 3 aromatic rings. The molecule has 2 amide bonds. The summed E-state index contributed by atoms with van der Waals surface area (Å²) >= 11 is 4.54. The highest BCUT2D eigenvalue weighted by Gasteiger charge is 2.26. The van der Waals surface area contributed by atoms with Gasteiger partial charge in [-0.2, -0.15) is 0 Å². The van der Waals surface area contributed by atoms with Gasteiger partial charge in [-0.15, -0.1) is 23.1 Å². The number of nitrogens with one attached hydrogen (secondary N) is 1. The first-order valence-electron chi connectivity index (χ1n) is 9.00. The fraction of sp³-hybridized carbons (Fsp3) is 0.250. The average molecular weight is 430 g/mol. The number of aromatic nitrogens is 1. The van der Waals surface area contributed by atoms with Crippen LogP contribution in [-0.2, 0) is 13.0 Å². The van der Waals surface area contributed by atoms with Gasteiger partial charge in [0.05, 0.1) is 22.7 Å². The molecule has 0 spiro atoms. The minimum absolute atomic E-state index is 0.0553. The van der Waals surface area contributed by atoms with Crippen molar-refractivity contribution in [3.05, 3.63) is 62.8 Å². The second kappa shape index (κ2) is 8.46. The molecule has 4 rings (SSSR count). The molecular formula is C20H19N3O2S3. The van der Waals surface area contributed by atoms with Crippen LogP contribution in [0.15, 0.2) is 46.7 Å². The van der Waals surface area contributed by atoms with Crippen molar-refractivity contribution in [2.45, 2.75) is 24.8 Å². The van der Waals surface area contributed by atoms with Crippen molar-refractivity contribution >= 4 is 51.4 Å². The van der Waals surface area contributed by atoms with E-state index in [1.165, 1.54) is 22.7 Å². The summed E-state index contributed by atoms with van der Waals surface area (Å²) in [4.78, 5) is 34.5. The zero-order chi connectivity index (χ0) is 19.5. The van der Waals surface area contributed by atoms with Gasteiger partial charge in [0.2, 0.25) is 0 Å². The second-order valence-corrected chi connectivity index (χ2v) is 9.56. The van der Waals surface area contributed by atoms with Crippen LogP contribution in [0.1, 0.15) is 37.5 Å². The van der Waals surface area contributed by atoms with Crippen LogP contribution >= 0.6 is 34.4 Å². The minimum Gasteiger partial charge on any atom is -0.333 e. The summed E-state index contributed by atoms with van der Waals surface area (Å²) in [6, 6.07) is 11.4. The topological polar surface area (TPSA) is 62.3 Å². The molecular weight excluding hydrogens is 410 g/mol. The van der Waals surface area contributed by atoms with E-state index in [4.69, 9.17) is 0 Å². The molecule has 1 aliphatic heterocycles. The van der Waals surface area contributed by atoms with E-state index in [9.17, 15) is 9.59 Å². The van der Waals surface area contributed by atoms with Crippen LogP contribution in [0.5, 0.6) is 0 Å². The third kappa shape index (κ3) is 3.99. The van der Waals surface area contributed by atoms with E-state index in [0.717, 1.165) is 26.8 Å². The first-order valence-corrected chi connectivity index (χ1v) is 11.7.